The summed E-state index contributed by atoms with van der Waals surface area (Å²) in [7, 11) is 0. The van der Waals surface area contributed by atoms with E-state index < -0.39 is 0 Å². The summed E-state index contributed by atoms with van der Waals surface area (Å²) in [5, 5.41) is 3.46. The molecular weight excluding hydrogens is 230 g/mol. The first-order valence-electron chi connectivity index (χ1n) is 7.18. The topological polar surface area (TPSA) is 12.0 Å². The van der Waals surface area contributed by atoms with Crippen molar-refractivity contribution >= 4 is 5.69 Å². The van der Waals surface area contributed by atoms with Crippen LogP contribution in [-0.2, 0) is 12.8 Å². The Hall–Kier alpha value is -1.76. The van der Waals surface area contributed by atoms with E-state index in [0.29, 0.717) is 5.92 Å². The number of hydrogen-bond acceptors (Lipinski definition) is 1. The standard InChI is InChI=1S/C18H21N/c1-13(2)10-14-4-3-5-16(11-14)17-7-6-15-8-9-19-18(15)12-17/h3-7,11-13,19H,8-10H2,1-2H3. The van der Waals surface area contributed by atoms with E-state index in [1.807, 2.05) is 0 Å². The van der Waals surface area contributed by atoms with E-state index in [4.69, 9.17) is 0 Å². The van der Waals surface area contributed by atoms with Gasteiger partial charge < -0.3 is 5.32 Å². The van der Waals surface area contributed by atoms with E-state index in [1.54, 1.807) is 0 Å². The van der Waals surface area contributed by atoms with Gasteiger partial charge in [0, 0.05) is 12.2 Å². The number of anilines is 1. The van der Waals surface area contributed by atoms with Crippen LogP contribution in [0, 0.1) is 5.92 Å². The highest BCUT2D eigenvalue weighted by Gasteiger charge is 2.10. The van der Waals surface area contributed by atoms with Crippen LogP contribution >= 0.6 is 0 Å². The highest BCUT2D eigenvalue weighted by atomic mass is 14.9. The Bertz CT molecular complexity index is 584. The second kappa shape index (κ2) is 5.08. The first-order chi connectivity index (χ1) is 9.22. The maximum atomic E-state index is 3.46. The van der Waals surface area contributed by atoms with Gasteiger partial charge >= 0.3 is 0 Å². The first kappa shape index (κ1) is 12.3. The average molecular weight is 251 g/mol. The molecule has 0 saturated carbocycles. The zero-order chi connectivity index (χ0) is 13.2. The third-order valence-electron chi connectivity index (χ3n) is 3.72. The molecule has 2 aromatic carbocycles. The zero-order valence-electron chi connectivity index (χ0n) is 11.7. The van der Waals surface area contributed by atoms with E-state index in [0.717, 1.165) is 19.4 Å². The molecule has 0 amide bonds. The number of fused-ring (bicyclic) bond motifs is 1. The summed E-state index contributed by atoms with van der Waals surface area (Å²) in [6.07, 6.45) is 2.31. The second-order valence-corrected chi connectivity index (χ2v) is 5.85. The summed E-state index contributed by atoms with van der Waals surface area (Å²) < 4.78 is 0. The van der Waals surface area contributed by atoms with E-state index in [2.05, 4.69) is 61.6 Å². The highest BCUT2D eigenvalue weighted by molar-refractivity contribution is 5.71. The van der Waals surface area contributed by atoms with Crippen LogP contribution in [0.5, 0.6) is 0 Å². The minimum Gasteiger partial charge on any atom is -0.384 e. The molecule has 0 bridgehead atoms. The SMILES string of the molecule is CC(C)Cc1cccc(-c2ccc3c(c2)NCC3)c1. The lowest BCUT2D eigenvalue weighted by molar-refractivity contribution is 0.647. The normalized spacial score (nSPS) is 13.4. The molecule has 3 rings (SSSR count). The van der Waals surface area contributed by atoms with Crippen molar-refractivity contribution in [3.63, 3.8) is 0 Å². The van der Waals surface area contributed by atoms with Crippen LogP contribution in [0.1, 0.15) is 25.0 Å². The van der Waals surface area contributed by atoms with Crippen molar-refractivity contribution in [2.24, 2.45) is 5.92 Å². The van der Waals surface area contributed by atoms with Gasteiger partial charge in [0.15, 0.2) is 0 Å². The summed E-state index contributed by atoms with van der Waals surface area (Å²) in [6, 6.07) is 15.7. The zero-order valence-corrected chi connectivity index (χ0v) is 11.7. The molecule has 1 N–H and O–H groups in total. The van der Waals surface area contributed by atoms with Gasteiger partial charge in [0.1, 0.15) is 0 Å². The maximum absolute atomic E-state index is 3.46. The molecule has 0 aromatic heterocycles. The summed E-state index contributed by atoms with van der Waals surface area (Å²) in [5.74, 6) is 0.705. The quantitative estimate of drug-likeness (QED) is 0.845. The summed E-state index contributed by atoms with van der Waals surface area (Å²) >= 11 is 0. The number of benzene rings is 2. The van der Waals surface area contributed by atoms with Gasteiger partial charge in [0.25, 0.3) is 0 Å². The summed E-state index contributed by atoms with van der Waals surface area (Å²) in [5.41, 5.74) is 6.84. The van der Waals surface area contributed by atoms with Crippen molar-refractivity contribution in [1.29, 1.82) is 0 Å². The molecule has 2 aromatic rings. The average Bonchev–Trinajstić information content (AvgIpc) is 2.85. The van der Waals surface area contributed by atoms with E-state index >= 15 is 0 Å². The predicted molar refractivity (Wildman–Crippen MR) is 82.6 cm³/mol. The van der Waals surface area contributed by atoms with Gasteiger partial charge in [-0.05, 0) is 47.1 Å². The Morgan fingerprint density at radius 2 is 1.89 bits per heavy atom. The molecular formula is C18H21N. The third kappa shape index (κ3) is 2.65. The molecule has 1 aliphatic heterocycles. The Kier molecular flexibility index (Phi) is 3.29. The van der Waals surface area contributed by atoms with Crippen LogP contribution in [0.25, 0.3) is 11.1 Å². The molecule has 0 atom stereocenters. The van der Waals surface area contributed by atoms with Crippen molar-refractivity contribution in [3.8, 4) is 11.1 Å². The van der Waals surface area contributed by atoms with Crippen molar-refractivity contribution in [3.05, 3.63) is 53.6 Å². The molecule has 1 heterocycles. The van der Waals surface area contributed by atoms with Crippen LogP contribution in [-0.4, -0.2) is 6.54 Å². The number of rotatable bonds is 3. The molecule has 0 spiro atoms. The van der Waals surface area contributed by atoms with Gasteiger partial charge in [0.05, 0.1) is 0 Å². The van der Waals surface area contributed by atoms with Gasteiger partial charge in [0.2, 0.25) is 0 Å². The van der Waals surface area contributed by atoms with Gasteiger partial charge in [-0.25, -0.2) is 0 Å². The fraction of sp³-hybridized carbons (Fsp3) is 0.333. The second-order valence-electron chi connectivity index (χ2n) is 5.85. The summed E-state index contributed by atoms with van der Waals surface area (Å²) in [4.78, 5) is 0. The molecule has 98 valence electrons. The fourth-order valence-electron chi connectivity index (χ4n) is 2.82. The van der Waals surface area contributed by atoms with E-state index in [-0.39, 0.29) is 0 Å². The van der Waals surface area contributed by atoms with Crippen molar-refractivity contribution in [2.45, 2.75) is 26.7 Å². The van der Waals surface area contributed by atoms with Gasteiger partial charge in [-0.1, -0.05) is 50.2 Å². The molecule has 0 saturated heterocycles. The first-order valence-corrected chi connectivity index (χ1v) is 7.18. The minimum atomic E-state index is 0.705. The lowest BCUT2D eigenvalue weighted by Gasteiger charge is -2.09. The van der Waals surface area contributed by atoms with Crippen LogP contribution in [0.15, 0.2) is 42.5 Å². The molecule has 1 aliphatic rings. The molecule has 1 heteroatoms. The Balaban J connectivity index is 1.93. The maximum Gasteiger partial charge on any atom is 0.0379 e. The van der Waals surface area contributed by atoms with Crippen molar-refractivity contribution < 1.29 is 0 Å². The highest BCUT2D eigenvalue weighted by Crippen LogP contribution is 2.29. The van der Waals surface area contributed by atoms with Crippen molar-refractivity contribution in [1.82, 2.24) is 0 Å². The lowest BCUT2D eigenvalue weighted by atomic mass is 9.97. The van der Waals surface area contributed by atoms with Gasteiger partial charge in [-0.3, -0.25) is 0 Å². The molecule has 0 unspecified atom stereocenters. The van der Waals surface area contributed by atoms with Crippen molar-refractivity contribution in [2.75, 3.05) is 11.9 Å². The minimum absolute atomic E-state index is 0.705. The monoisotopic (exact) mass is 251 g/mol. The lowest BCUT2D eigenvalue weighted by Crippen LogP contribution is -1.94. The van der Waals surface area contributed by atoms with E-state index in [1.165, 1.54) is 27.9 Å². The number of nitrogens with one attached hydrogen (secondary N) is 1. The predicted octanol–water partition coefficient (Wildman–Crippen LogP) is 4.52. The number of hydrogen-bond donors (Lipinski definition) is 1. The molecule has 0 aliphatic carbocycles. The van der Waals surface area contributed by atoms with Crippen LogP contribution in [0.3, 0.4) is 0 Å². The van der Waals surface area contributed by atoms with Crippen LogP contribution < -0.4 is 5.32 Å². The fourth-order valence-corrected chi connectivity index (χ4v) is 2.82. The molecule has 19 heavy (non-hydrogen) atoms. The van der Waals surface area contributed by atoms with Gasteiger partial charge in [-0.15, -0.1) is 0 Å². The molecule has 0 radical (unpaired) electrons. The Morgan fingerprint density at radius 1 is 1.05 bits per heavy atom. The van der Waals surface area contributed by atoms with E-state index in [9.17, 15) is 0 Å². The van der Waals surface area contributed by atoms with Gasteiger partial charge in [-0.2, -0.15) is 0 Å². The Morgan fingerprint density at radius 3 is 2.74 bits per heavy atom. The summed E-state index contributed by atoms with van der Waals surface area (Å²) in [6.45, 7) is 5.62. The Labute approximate surface area is 115 Å². The molecule has 1 nitrogen and oxygen atoms in total. The smallest absolute Gasteiger partial charge is 0.0379 e. The van der Waals surface area contributed by atoms with Crippen LogP contribution in [0.2, 0.25) is 0 Å². The largest absolute Gasteiger partial charge is 0.384 e. The van der Waals surface area contributed by atoms with Crippen LogP contribution in [0.4, 0.5) is 5.69 Å². The third-order valence-corrected chi connectivity index (χ3v) is 3.72. The molecule has 0 fully saturated rings.